The third kappa shape index (κ3) is 3.37. The average Bonchev–Trinajstić information content (AvgIpc) is 3.12. The molecule has 0 spiro atoms. The Kier molecular flexibility index (Phi) is 4.06. The van der Waals surface area contributed by atoms with Crippen LogP contribution in [-0.4, -0.2) is 32.3 Å². The van der Waals surface area contributed by atoms with Gasteiger partial charge in [-0.3, -0.25) is 0 Å². The fraction of sp³-hybridized carbons (Fsp3) is 0.294. The highest BCUT2D eigenvalue weighted by Crippen LogP contribution is 2.41. The van der Waals surface area contributed by atoms with Gasteiger partial charge in [-0.2, -0.15) is 13.2 Å². The number of anilines is 1. The lowest BCUT2D eigenvalue weighted by Gasteiger charge is -2.36. The van der Waals surface area contributed by atoms with Crippen molar-refractivity contribution in [2.75, 3.05) is 5.32 Å². The molecule has 0 saturated heterocycles. The Morgan fingerprint density at radius 1 is 0.962 bits per heavy atom. The molecule has 6 nitrogen and oxygen atoms in total. The lowest BCUT2D eigenvalue weighted by Crippen LogP contribution is -2.43. The lowest BCUT2D eigenvalue weighted by molar-refractivity contribution is -0.195. The number of rotatable bonds is 4. The predicted octanol–water partition coefficient (Wildman–Crippen LogP) is 3.95. The van der Waals surface area contributed by atoms with E-state index in [0.717, 1.165) is 0 Å². The van der Waals surface area contributed by atoms with E-state index in [0.29, 0.717) is 28.7 Å². The van der Waals surface area contributed by atoms with Gasteiger partial charge in [0.2, 0.25) is 5.95 Å². The van der Waals surface area contributed by atoms with Gasteiger partial charge in [-0.05, 0) is 31.0 Å². The monoisotopic (exact) mass is 361 g/mol. The van der Waals surface area contributed by atoms with Crippen LogP contribution < -0.4 is 5.32 Å². The minimum absolute atomic E-state index is 0.0387. The Morgan fingerprint density at radius 2 is 1.69 bits per heavy atom. The summed E-state index contributed by atoms with van der Waals surface area (Å²) in [4.78, 5) is 12.9. The Balaban J connectivity index is 1.49. The molecule has 0 unspecified atom stereocenters. The van der Waals surface area contributed by atoms with Crippen molar-refractivity contribution in [3.8, 4) is 22.8 Å². The van der Waals surface area contributed by atoms with E-state index < -0.39 is 12.1 Å². The summed E-state index contributed by atoms with van der Waals surface area (Å²) in [5.41, 5.74) is 2.42. The van der Waals surface area contributed by atoms with E-state index in [-0.39, 0.29) is 18.9 Å². The predicted molar refractivity (Wildman–Crippen MR) is 86.9 cm³/mol. The molecule has 0 aliphatic heterocycles. The Hall–Kier alpha value is -2.97. The van der Waals surface area contributed by atoms with E-state index in [1.165, 1.54) is 6.26 Å². The van der Waals surface area contributed by atoms with Crippen molar-refractivity contribution in [1.82, 2.24) is 20.1 Å². The summed E-state index contributed by atoms with van der Waals surface area (Å²) in [6.07, 6.45) is -1.04. The number of aromatic nitrogens is 4. The number of alkyl halides is 3. The topological polar surface area (TPSA) is 76.7 Å². The third-order valence-electron chi connectivity index (χ3n) is 4.30. The number of pyridine rings is 1. The Bertz CT molecular complexity index is 891. The van der Waals surface area contributed by atoms with E-state index in [4.69, 9.17) is 4.52 Å². The Morgan fingerprint density at radius 3 is 2.38 bits per heavy atom. The van der Waals surface area contributed by atoms with Crippen LogP contribution in [-0.2, 0) is 0 Å². The molecule has 9 heteroatoms. The van der Waals surface area contributed by atoms with Crippen molar-refractivity contribution in [3.05, 3.63) is 42.8 Å². The van der Waals surface area contributed by atoms with Crippen LogP contribution in [0.4, 0.5) is 19.1 Å². The van der Waals surface area contributed by atoms with Crippen molar-refractivity contribution in [2.45, 2.75) is 25.1 Å². The van der Waals surface area contributed by atoms with Gasteiger partial charge in [-0.15, -0.1) is 0 Å². The molecule has 1 saturated carbocycles. The normalized spacial score (nSPS) is 19.8. The Labute approximate surface area is 146 Å². The number of nitrogens with one attached hydrogen (secondary N) is 1. The highest BCUT2D eigenvalue weighted by atomic mass is 19.4. The first-order chi connectivity index (χ1) is 12.5. The van der Waals surface area contributed by atoms with Gasteiger partial charge >= 0.3 is 6.18 Å². The molecule has 3 aromatic rings. The molecule has 1 fully saturated rings. The van der Waals surface area contributed by atoms with Gasteiger partial charge in [-0.25, -0.2) is 15.0 Å². The zero-order valence-corrected chi connectivity index (χ0v) is 13.4. The molecule has 0 bridgehead atoms. The molecule has 0 amide bonds. The summed E-state index contributed by atoms with van der Waals surface area (Å²) in [5, 5.41) is 6.80. The third-order valence-corrected chi connectivity index (χ3v) is 4.30. The van der Waals surface area contributed by atoms with Crippen LogP contribution in [0.15, 0.2) is 47.3 Å². The zero-order chi connectivity index (χ0) is 18.1. The maximum Gasteiger partial charge on any atom is 0.391 e. The van der Waals surface area contributed by atoms with E-state index >= 15 is 0 Å². The van der Waals surface area contributed by atoms with Gasteiger partial charge < -0.3 is 9.84 Å². The molecule has 3 aromatic heterocycles. The first kappa shape index (κ1) is 16.5. The molecule has 0 radical (unpaired) electrons. The minimum atomic E-state index is -4.13. The second kappa shape index (κ2) is 6.40. The minimum Gasteiger partial charge on any atom is -0.364 e. The summed E-state index contributed by atoms with van der Waals surface area (Å²) in [6, 6.07) is 8.53. The molecule has 0 atom stereocenters. The summed E-state index contributed by atoms with van der Waals surface area (Å²) in [6.45, 7) is 0. The molecule has 4 rings (SSSR count). The standard InChI is InChI=1S/C17H14F3N5O/c18-17(19,20)10-8-11(9-10)22-16-21-6-4-14(24-16)12-2-1-3-13(23-12)15-5-7-26-25-15/h1-7,10-11H,8-9H2,(H,21,22,24). The van der Waals surface area contributed by atoms with Gasteiger partial charge in [0.15, 0.2) is 0 Å². The molecule has 134 valence electrons. The van der Waals surface area contributed by atoms with Crippen LogP contribution in [0.5, 0.6) is 0 Å². The van der Waals surface area contributed by atoms with Crippen molar-refractivity contribution in [2.24, 2.45) is 5.92 Å². The quantitative estimate of drug-likeness (QED) is 0.758. The number of halogens is 3. The fourth-order valence-electron chi connectivity index (χ4n) is 2.82. The largest absolute Gasteiger partial charge is 0.391 e. The molecule has 1 aliphatic carbocycles. The summed E-state index contributed by atoms with van der Waals surface area (Å²) >= 11 is 0. The van der Waals surface area contributed by atoms with E-state index in [1.54, 1.807) is 30.5 Å². The number of nitrogens with zero attached hydrogens (tertiary/aromatic N) is 4. The van der Waals surface area contributed by atoms with Crippen LogP contribution >= 0.6 is 0 Å². The van der Waals surface area contributed by atoms with Crippen LogP contribution in [0.2, 0.25) is 0 Å². The van der Waals surface area contributed by atoms with Crippen LogP contribution in [0.1, 0.15) is 12.8 Å². The molecule has 26 heavy (non-hydrogen) atoms. The first-order valence-corrected chi connectivity index (χ1v) is 8.03. The summed E-state index contributed by atoms with van der Waals surface area (Å²) in [5.74, 6) is -0.953. The highest BCUT2D eigenvalue weighted by Gasteiger charge is 2.47. The average molecular weight is 361 g/mol. The maximum atomic E-state index is 12.6. The highest BCUT2D eigenvalue weighted by molar-refractivity contribution is 5.61. The molecule has 3 heterocycles. The van der Waals surface area contributed by atoms with Gasteiger partial charge in [0.1, 0.15) is 12.0 Å². The van der Waals surface area contributed by atoms with Gasteiger partial charge in [0.05, 0.1) is 23.0 Å². The van der Waals surface area contributed by atoms with Crippen molar-refractivity contribution < 1.29 is 17.7 Å². The van der Waals surface area contributed by atoms with E-state index in [1.807, 2.05) is 6.07 Å². The SMILES string of the molecule is FC(F)(F)C1CC(Nc2nccc(-c3cccc(-c4ccon4)n3)n2)C1. The summed E-state index contributed by atoms with van der Waals surface area (Å²) < 4.78 is 42.5. The summed E-state index contributed by atoms with van der Waals surface area (Å²) in [7, 11) is 0. The number of hydrogen-bond acceptors (Lipinski definition) is 6. The van der Waals surface area contributed by atoms with Crippen molar-refractivity contribution >= 4 is 5.95 Å². The first-order valence-electron chi connectivity index (χ1n) is 8.03. The van der Waals surface area contributed by atoms with Crippen LogP contribution in [0.25, 0.3) is 22.8 Å². The van der Waals surface area contributed by atoms with Crippen molar-refractivity contribution in [1.29, 1.82) is 0 Å². The van der Waals surface area contributed by atoms with Gasteiger partial charge in [-0.1, -0.05) is 11.2 Å². The van der Waals surface area contributed by atoms with E-state index in [9.17, 15) is 13.2 Å². The van der Waals surface area contributed by atoms with Gasteiger partial charge in [0.25, 0.3) is 0 Å². The lowest BCUT2D eigenvalue weighted by atomic mass is 9.80. The molecule has 1 N–H and O–H groups in total. The van der Waals surface area contributed by atoms with Crippen LogP contribution in [0.3, 0.4) is 0 Å². The van der Waals surface area contributed by atoms with Crippen molar-refractivity contribution in [3.63, 3.8) is 0 Å². The maximum absolute atomic E-state index is 12.6. The van der Waals surface area contributed by atoms with Gasteiger partial charge in [0, 0.05) is 18.3 Å². The van der Waals surface area contributed by atoms with Crippen LogP contribution in [0, 0.1) is 5.92 Å². The molecule has 0 aromatic carbocycles. The number of hydrogen-bond donors (Lipinski definition) is 1. The second-order valence-electron chi connectivity index (χ2n) is 6.11. The fourth-order valence-corrected chi connectivity index (χ4v) is 2.82. The molecular weight excluding hydrogens is 347 g/mol. The second-order valence-corrected chi connectivity index (χ2v) is 6.11. The van der Waals surface area contributed by atoms with E-state index in [2.05, 4.69) is 25.4 Å². The smallest absolute Gasteiger partial charge is 0.364 e. The molecular formula is C17H14F3N5O. The zero-order valence-electron chi connectivity index (χ0n) is 13.4. The molecule has 1 aliphatic rings.